The maximum atomic E-state index is 12.3. The minimum Gasteiger partial charge on any atom is -0.292 e. The predicted octanol–water partition coefficient (Wildman–Crippen LogP) is 5.88. The molecule has 0 aromatic carbocycles. The maximum Gasteiger partial charge on any atom is 0.183 e. The van der Waals surface area contributed by atoms with E-state index in [-0.39, 0.29) is 5.78 Å². The highest BCUT2D eigenvalue weighted by Gasteiger charge is 2.31. The lowest BCUT2D eigenvalue weighted by atomic mass is 9.72. The molecule has 6 heteroatoms. The average molecular weight is 403 g/mol. The number of Topliss-reactive ketones (excluding diaryl/α,β-unsaturated/α-hetero) is 1. The van der Waals surface area contributed by atoms with E-state index in [0.717, 1.165) is 27.6 Å². The fraction of sp³-hybridized carbons (Fsp3) is 0.450. The highest BCUT2D eigenvalue weighted by molar-refractivity contribution is 8.00. The third kappa shape index (κ3) is 3.47. The molecule has 136 valence electrons. The van der Waals surface area contributed by atoms with Gasteiger partial charge in [0.2, 0.25) is 0 Å². The molecule has 3 aromatic heterocycles. The molecular formula is C20H22N2OS3. The van der Waals surface area contributed by atoms with Gasteiger partial charge in [-0.15, -0.1) is 22.7 Å². The Kier molecular flexibility index (Phi) is 4.92. The van der Waals surface area contributed by atoms with Crippen molar-refractivity contribution in [1.82, 2.24) is 9.97 Å². The molecule has 0 bridgehead atoms. The normalized spacial score (nSPS) is 17.4. The van der Waals surface area contributed by atoms with Gasteiger partial charge in [0.05, 0.1) is 10.6 Å². The van der Waals surface area contributed by atoms with Gasteiger partial charge in [-0.25, -0.2) is 9.97 Å². The zero-order chi connectivity index (χ0) is 18.3. The highest BCUT2D eigenvalue weighted by atomic mass is 32.2. The number of rotatable bonds is 4. The SMILES string of the molecule is CC(C)(C)[C@H]1CCc2c(sc3ncnc(SCC(=O)c4cccs4)c23)C1. The number of aryl methyl sites for hydroxylation is 1. The standard InChI is InChI=1S/C20H22N2OS3/c1-20(2,3)12-6-7-13-16(9-12)26-19-17(13)18(21-11-22-19)25-10-14(23)15-5-4-8-24-15/h4-5,8,11-12H,6-7,9-10H2,1-3H3/t12-/m0/s1. The molecule has 0 amide bonds. The Bertz CT molecular complexity index is 938. The van der Waals surface area contributed by atoms with E-state index >= 15 is 0 Å². The van der Waals surface area contributed by atoms with Crippen LogP contribution in [-0.4, -0.2) is 21.5 Å². The first-order chi connectivity index (χ1) is 12.4. The third-order valence-electron chi connectivity index (χ3n) is 5.17. The first-order valence-electron chi connectivity index (χ1n) is 8.88. The van der Waals surface area contributed by atoms with Crippen molar-refractivity contribution in [3.8, 4) is 0 Å². The van der Waals surface area contributed by atoms with Crippen LogP contribution in [0, 0.1) is 11.3 Å². The summed E-state index contributed by atoms with van der Waals surface area (Å²) < 4.78 is 0. The van der Waals surface area contributed by atoms with Crippen LogP contribution in [0.4, 0.5) is 0 Å². The number of nitrogens with zero attached hydrogens (tertiary/aromatic N) is 2. The van der Waals surface area contributed by atoms with Gasteiger partial charge in [0.25, 0.3) is 0 Å². The number of hydrogen-bond donors (Lipinski definition) is 0. The van der Waals surface area contributed by atoms with Gasteiger partial charge < -0.3 is 0 Å². The minimum absolute atomic E-state index is 0.175. The van der Waals surface area contributed by atoms with Crippen LogP contribution in [-0.2, 0) is 12.8 Å². The van der Waals surface area contributed by atoms with Crippen LogP contribution in [0.3, 0.4) is 0 Å². The van der Waals surface area contributed by atoms with E-state index in [4.69, 9.17) is 0 Å². The summed E-state index contributed by atoms with van der Waals surface area (Å²) in [6, 6.07) is 3.81. The van der Waals surface area contributed by atoms with Crippen molar-refractivity contribution >= 4 is 50.4 Å². The van der Waals surface area contributed by atoms with E-state index in [0.29, 0.717) is 17.1 Å². The van der Waals surface area contributed by atoms with Gasteiger partial charge >= 0.3 is 0 Å². The average Bonchev–Trinajstić information content (AvgIpc) is 3.25. The molecule has 0 radical (unpaired) electrons. The van der Waals surface area contributed by atoms with Gasteiger partial charge in [0.1, 0.15) is 16.2 Å². The number of thioether (sulfide) groups is 1. The van der Waals surface area contributed by atoms with E-state index in [9.17, 15) is 4.79 Å². The molecule has 0 spiro atoms. The quantitative estimate of drug-likeness (QED) is 0.310. The molecule has 0 N–H and O–H groups in total. The molecular weight excluding hydrogens is 380 g/mol. The van der Waals surface area contributed by atoms with Crippen molar-refractivity contribution in [2.24, 2.45) is 11.3 Å². The van der Waals surface area contributed by atoms with Gasteiger partial charge in [0.15, 0.2) is 5.78 Å². The van der Waals surface area contributed by atoms with Crippen LogP contribution in [0.5, 0.6) is 0 Å². The van der Waals surface area contributed by atoms with Crippen LogP contribution < -0.4 is 0 Å². The fourth-order valence-electron chi connectivity index (χ4n) is 3.57. The molecule has 0 unspecified atom stereocenters. The Hall–Kier alpha value is -1.24. The summed E-state index contributed by atoms with van der Waals surface area (Å²) in [5.41, 5.74) is 1.77. The summed E-state index contributed by atoms with van der Waals surface area (Å²) in [5, 5.41) is 4.11. The smallest absolute Gasteiger partial charge is 0.183 e. The van der Waals surface area contributed by atoms with Crippen LogP contribution in [0.2, 0.25) is 0 Å². The molecule has 4 rings (SSSR count). The summed E-state index contributed by atoms with van der Waals surface area (Å²) in [7, 11) is 0. The number of hydrogen-bond acceptors (Lipinski definition) is 6. The number of aromatic nitrogens is 2. The van der Waals surface area contributed by atoms with Crippen LogP contribution in [0.1, 0.15) is 47.3 Å². The van der Waals surface area contributed by atoms with Gasteiger partial charge in [-0.1, -0.05) is 38.6 Å². The lowest BCUT2D eigenvalue weighted by molar-refractivity contribution is 0.102. The van der Waals surface area contributed by atoms with Crippen molar-refractivity contribution in [3.63, 3.8) is 0 Å². The van der Waals surface area contributed by atoms with E-state index in [1.165, 1.54) is 33.6 Å². The van der Waals surface area contributed by atoms with Crippen molar-refractivity contribution < 1.29 is 4.79 Å². The number of ketones is 1. The Morgan fingerprint density at radius 1 is 1.35 bits per heavy atom. The van der Waals surface area contributed by atoms with E-state index in [1.807, 2.05) is 28.8 Å². The summed E-state index contributed by atoms with van der Waals surface area (Å²) in [4.78, 5) is 24.8. The van der Waals surface area contributed by atoms with Gasteiger partial charge in [-0.3, -0.25) is 4.79 Å². The van der Waals surface area contributed by atoms with Crippen LogP contribution in [0.15, 0.2) is 28.9 Å². The Balaban J connectivity index is 1.61. The van der Waals surface area contributed by atoms with Gasteiger partial charge in [-0.2, -0.15) is 0 Å². The zero-order valence-electron chi connectivity index (χ0n) is 15.2. The second-order valence-electron chi connectivity index (χ2n) is 7.86. The predicted molar refractivity (Wildman–Crippen MR) is 112 cm³/mol. The number of carbonyl (C=O) groups excluding carboxylic acids is 1. The lowest BCUT2D eigenvalue weighted by Gasteiger charge is -2.33. The third-order valence-corrected chi connectivity index (χ3v) is 8.23. The molecule has 1 aliphatic carbocycles. The number of fused-ring (bicyclic) bond motifs is 3. The summed E-state index contributed by atoms with van der Waals surface area (Å²) in [6.45, 7) is 7.02. The minimum atomic E-state index is 0.175. The molecule has 26 heavy (non-hydrogen) atoms. The largest absolute Gasteiger partial charge is 0.292 e. The Morgan fingerprint density at radius 3 is 2.92 bits per heavy atom. The first-order valence-corrected chi connectivity index (χ1v) is 11.6. The molecule has 0 aliphatic heterocycles. The second kappa shape index (κ2) is 7.06. The molecule has 3 nitrogen and oxygen atoms in total. The molecule has 0 fully saturated rings. The van der Waals surface area contributed by atoms with Gasteiger partial charge in [-0.05, 0) is 47.6 Å². The summed E-state index contributed by atoms with van der Waals surface area (Å²) in [5.74, 6) is 1.32. The van der Waals surface area contributed by atoms with Gasteiger partial charge in [0, 0.05) is 10.3 Å². The first kappa shape index (κ1) is 18.1. The van der Waals surface area contributed by atoms with E-state index in [2.05, 4.69) is 30.7 Å². The zero-order valence-corrected chi connectivity index (χ0v) is 17.7. The summed E-state index contributed by atoms with van der Waals surface area (Å²) in [6.07, 6.45) is 5.09. The number of thiophene rings is 2. The summed E-state index contributed by atoms with van der Waals surface area (Å²) >= 11 is 4.87. The highest BCUT2D eigenvalue weighted by Crippen LogP contribution is 2.44. The molecule has 3 heterocycles. The topological polar surface area (TPSA) is 42.9 Å². The van der Waals surface area contributed by atoms with Crippen molar-refractivity contribution in [2.45, 2.75) is 45.1 Å². The molecule has 0 saturated carbocycles. The van der Waals surface area contributed by atoms with Crippen molar-refractivity contribution in [3.05, 3.63) is 39.2 Å². The fourth-order valence-corrected chi connectivity index (χ4v) is 6.57. The lowest BCUT2D eigenvalue weighted by Crippen LogP contribution is -2.26. The second-order valence-corrected chi connectivity index (χ2v) is 10.9. The molecule has 1 atom stereocenters. The Labute approximate surface area is 166 Å². The van der Waals surface area contributed by atoms with Crippen LogP contribution >= 0.6 is 34.4 Å². The molecule has 0 saturated heterocycles. The van der Waals surface area contributed by atoms with Crippen LogP contribution in [0.25, 0.3) is 10.2 Å². The Morgan fingerprint density at radius 2 is 2.19 bits per heavy atom. The van der Waals surface area contributed by atoms with Crippen molar-refractivity contribution in [1.29, 1.82) is 0 Å². The van der Waals surface area contributed by atoms with E-state index in [1.54, 1.807) is 18.1 Å². The monoisotopic (exact) mass is 402 g/mol. The van der Waals surface area contributed by atoms with Crippen molar-refractivity contribution in [2.75, 3.05) is 5.75 Å². The van der Waals surface area contributed by atoms with E-state index < -0.39 is 0 Å². The molecule has 1 aliphatic rings. The molecule has 3 aromatic rings. The number of carbonyl (C=O) groups is 1. The maximum absolute atomic E-state index is 12.3.